The molecule has 66 valence electrons. The molecule has 0 aromatic heterocycles. The van der Waals surface area contributed by atoms with E-state index in [1.807, 2.05) is 0 Å². The fourth-order valence-electron chi connectivity index (χ4n) is 0.876. The van der Waals surface area contributed by atoms with Crippen LogP contribution in [0.2, 0.25) is 5.02 Å². The normalized spacial score (nSPS) is 9.83. The van der Waals surface area contributed by atoms with Crippen LogP contribution in [-0.4, -0.2) is 13.2 Å². The number of rotatable bonds is 3. The Morgan fingerprint density at radius 2 is 2.25 bits per heavy atom. The van der Waals surface area contributed by atoms with Crippen LogP contribution in [0.1, 0.15) is 0 Å². The topological polar surface area (TPSA) is 38.0 Å². The highest BCUT2D eigenvalue weighted by molar-refractivity contribution is 6.31. The largest absolute Gasteiger partial charge is 0.397 e. The zero-order valence-corrected chi connectivity index (χ0v) is 7.24. The van der Waals surface area contributed by atoms with Crippen molar-refractivity contribution in [2.45, 2.75) is 0 Å². The first-order valence-corrected chi connectivity index (χ1v) is 3.96. The van der Waals surface area contributed by atoms with Gasteiger partial charge in [0.1, 0.15) is 6.67 Å². The van der Waals surface area contributed by atoms with Gasteiger partial charge < -0.3 is 11.1 Å². The summed E-state index contributed by atoms with van der Waals surface area (Å²) >= 11 is 5.67. The lowest BCUT2D eigenvalue weighted by atomic mass is 10.2. The summed E-state index contributed by atoms with van der Waals surface area (Å²) in [6, 6.07) is 5.06. The number of halogens is 2. The molecule has 0 aliphatic carbocycles. The first kappa shape index (κ1) is 9.13. The van der Waals surface area contributed by atoms with Crippen molar-refractivity contribution in [1.82, 2.24) is 0 Å². The van der Waals surface area contributed by atoms with Gasteiger partial charge >= 0.3 is 0 Å². The SMILES string of the molecule is Nc1cc(Cl)ccc1NCCF. The number of anilines is 2. The van der Waals surface area contributed by atoms with Crippen LogP contribution in [0.25, 0.3) is 0 Å². The molecule has 2 nitrogen and oxygen atoms in total. The maximum absolute atomic E-state index is 11.8. The Labute approximate surface area is 75.5 Å². The van der Waals surface area contributed by atoms with Crippen molar-refractivity contribution in [3.63, 3.8) is 0 Å². The predicted molar refractivity (Wildman–Crippen MR) is 50.3 cm³/mol. The van der Waals surface area contributed by atoms with E-state index < -0.39 is 6.67 Å². The minimum absolute atomic E-state index is 0.270. The van der Waals surface area contributed by atoms with Crippen molar-refractivity contribution in [3.05, 3.63) is 23.2 Å². The Kier molecular flexibility index (Phi) is 3.17. The molecule has 0 aliphatic heterocycles. The highest BCUT2D eigenvalue weighted by Gasteiger charge is 1.97. The fourth-order valence-corrected chi connectivity index (χ4v) is 1.06. The molecule has 0 radical (unpaired) electrons. The first-order chi connectivity index (χ1) is 5.74. The van der Waals surface area contributed by atoms with Crippen molar-refractivity contribution in [3.8, 4) is 0 Å². The number of nitrogens with one attached hydrogen (secondary N) is 1. The van der Waals surface area contributed by atoms with Crippen LogP contribution in [0.4, 0.5) is 15.8 Å². The summed E-state index contributed by atoms with van der Waals surface area (Å²) in [5.41, 5.74) is 6.85. The van der Waals surface area contributed by atoms with Crippen LogP contribution in [-0.2, 0) is 0 Å². The minimum atomic E-state index is -0.415. The summed E-state index contributed by atoms with van der Waals surface area (Å²) in [7, 11) is 0. The van der Waals surface area contributed by atoms with Crippen LogP contribution in [0.3, 0.4) is 0 Å². The second-order valence-corrected chi connectivity index (χ2v) is 2.78. The molecule has 0 bridgehead atoms. The third kappa shape index (κ3) is 2.27. The van der Waals surface area contributed by atoms with Gasteiger partial charge in [-0.25, -0.2) is 4.39 Å². The number of hydrogen-bond donors (Lipinski definition) is 2. The predicted octanol–water partition coefficient (Wildman–Crippen LogP) is 2.30. The average Bonchev–Trinajstić information content (AvgIpc) is 2.03. The van der Waals surface area contributed by atoms with Gasteiger partial charge in [0.25, 0.3) is 0 Å². The Bertz CT molecular complexity index is 265. The van der Waals surface area contributed by atoms with Crippen molar-refractivity contribution in [2.75, 3.05) is 24.3 Å². The molecule has 12 heavy (non-hydrogen) atoms. The molecule has 0 heterocycles. The molecule has 3 N–H and O–H groups in total. The molecule has 0 fully saturated rings. The summed E-state index contributed by atoms with van der Waals surface area (Å²) in [6.45, 7) is -0.145. The van der Waals surface area contributed by atoms with E-state index in [2.05, 4.69) is 5.32 Å². The molecule has 1 aromatic rings. The van der Waals surface area contributed by atoms with E-state index in [0.717, 1.165) is 5.69 Å². The summed E-state index contributed by atoms with van der Waals surface area (Å²) in [4.78, 5) is 0. The third-order valence-electron chi connectivity index (χ3n) is 1.42. The Morgan fingerprint density at radius 1 is 1.50 bits per heavy atom. The lowest BCUT2D eigenvalue weighted by Gasteiger charge is -2.06. The lowest BCUT2D eigenvalue weighted by Crippen LogP contribution is -2.05. The van der Waals surface area contributed by atoms with E-state index >= 15 is 0 Å². The van der Waals surface area contributed by atoms with Crippen molar-refractivity contribution in [1.29, 1.82) is 0 Å². The number of benzene rings is 1. The Hall–Kier alpha value is -0.960. The van der Waals surface area contributed by atoms with Crippen LogP contribution in [0.15, 0.2) is 18.2 Å². The standard InChI is InChI=1S/C8H10ClFN2/c9-6-1-2-8(7(11)5-6)12-4-3-10/h1-2,5,12H,3-4,11H2. The Morgan fingerprint density at radius 3 is 2.83 bits per heavy atom. The number of alkyl halides is 1. The maximum atomic E-state index is 11.8. The summed E-state index contributed by atoms with van der Waals surface area (Å²) in [6.07, 6.45) is 0. The maximum Gasteiger partial charge on any atom is 0.107 e. The van der Waals surface area contributed by atoms with E-state index in [1.54, 1.807) is 18.2 Å². The lowest BCUT2D eigenvalue weighted by molar-refractivity contribution is 0.513. The fraction of sp³-hybridized carbons (Fsp3) is 0.250. The Balaban J connectivity index is 2.72. The molecular formula is C8H10ClFN2. The summed E-state index contributed by atoms with van der Waals surface area (Å²) in [5.74, 6) is 0. The zero-order valence-electron chi connectivity index (χ0n) is 6.48. The van der Waals surface area contributed by atoms with Crippen molar-refractivity contribution >= 4 is 23.0 Å². The molecule has 1 rings (SSSR count). The van der Waals surface area contributed by atoms with Gasteiger partial charge in [0, 0.05) is 11.6 Å². The second-order valence-electron chi connectivity index (χ2n) is 2.35. The number of nitrogen functional groups attached to an aromatic ring is 1. The number of nitrogens with two attached hydrogens (primary N) is 1. The van der Waals surface area contributed by atoms with Crippen LogP contribution >= 0.6 is 11.6 Å². The van der Waals surface area contributed by atoms with E-state index in [0.29, 0.717) is 10.7 Å². The third-order valence-corrected chi connectivity index (χ3v) is 1.66. The van der Waals surface area contributed by atoms with E-state index in [1.165, 1.54) is 0 Å². The van der Waals surface area contributed by atoms with Crippen molar-refractivity contribution in [2.24, 2.45) is 0 Å². The molecule has 0 spiro atoms. The van der Waals surface area contributed by atoms with Gasteiger partial charge in [-0.2, -0.15) is 0 Å². The molecular weight excluding hydrogens is 179 g/mol. The summed E-state index contributed by atoms with van der Waals surface area (Å²) in [5, 5.41) is 3.41. The average molecular weight is 189 g/mol. The number of hydrogen-bond acceptors (Lipinski definition) is 2. The molecule has 0 atom stereocenters. The van der Waals surface area contributed by atoms with E-state index in [4.69, 9.17) is 17.3 Å². The smallest absolute Gasteiger partial charge is 0.107 e. The van der Waals surface area contributed by atoms with Gasteiger partial charge in [-0.3, -0.25) is 0 Å². The molecule has 0 saturated carbocycles. The van der Waals surface area contributed by atoms with E-state index in [9.17, 15) is 4.39 Å². The van der Waals surface area contributed by atoms with Gasteiger partial charge in [0.2, 0.25) is 0 Å². The van der Waals surface area contributed by atoms with Crippen LogP contribution in [0.5, 0.6) is 0 Å². The summed E-state index contributed by atoms with van der Waals surface area (Å²) < 4.78 is 11.8. The molecule has 0 saturated heterocycles. The highest BCUT2D eigenvalue weighted by Crippen LogP contribution is 2.22. The van der Waals surface area contributed by atoms with Crippen LogP contribution < -0.4 is 11.1 Å². The van der Waals surface area contributed by atoms with Gasteiger partial charge in [0.05, 0.1) is 11.4 Å². The molecule has 0 amide bonds. The molecule has 1 aromatic carbocycles. The van der Waals surface area contributed by atoms with E-state index in [-0.39, 0.29) is 6.54 Å². The first-order valence-electron chi connectivity index (χ1n) is 3.59. The minimum Gasteiger partial charge on any atom is -0.397 e. The second kappa shape index (κ2) is 4.16. The van der Waals surface area contributed by atoms with Crippen molar-refractivity contribution < 1.29 is 4.39 Å². The monoisotopic (exact) mass is 188 g/mol. The van der Waals surface area contributed by atoms with Gasteiger partial charge in [-0.05, 0) is 18.2 Å². The van der Waals surface area contributed by atoms with Gasteiger partial charge in [-0.15, -0.1) is 0 Å². The molecule has 0 aliphatic rings. The highest BCUT2D eigenvalue weighted by atomic mass is 35.5. The van der Waals surface area contributed by atoms with Gasteiger partial charge in [-0.1, -0.05) is 11.6 Å². The zero-order chi connectivity index (χ0) is 8.97. The van der Waals surface area contributed by atoms with Crippen LogP contribution in [0, 0.1) is 0 Å². The van der Waals surface area contributed by atoms with Gasteiger partial charge in [0.15, 0.2) is 0 Å². The quantitative estimate of drug-likeness (QED) is 0.715. The molecule has 4 heteroatoms. The molecule has 0 unspecified atom stereocenters.